The third-order valence-corrected chi connectivity index (χ3v) is 7.60. The summed E-state index contributed by atoms with van der Waals surface area (Å²) in [5.74, 6) is -0.0670. The van der Waals surface area contributed by atoms with Crippen LogP contribution in [0.1, 0.15) is 43.6 Å². The predicted octanol–water partition coefficient (Wildman–Crippen LogP) is 5.33. The molecular weight excluding hydrogens is 470 g/mol. The number of thioether (sulfide) groups is 1. The van der Waals surface area contributed by atoms with Crippen molar-refractivity contribution in [2.45, 2.75) is 57.2 Å². The number of carbonyl (C=O) groups excluding carboxylic acids is 1. The second kappa shape index (κ2) is 11.3. The lowest BCUT2D eigenvalue weighted by atomic mass is 10.1. The second-order valence-corrected chi connectivity index (χ2v) is 9.87. The first-order valence-corrected chi connectivity index (χ1v) is 13.5. The van der Waals surface area contributed by atoms with Crippen LogP contribution >= 0.6 is 11.8 Å². The van der Waals surface area contributed by atoms with E-state index in [0.29, 0.717) is 42.1 Å². The minimum Gasteiger partial charge on any atom is -0.391 e. The summed E-state index contributed by atoms with van der Waals surface area (Å²) in [6.07, 6.45) is 0.0887. The summed E-state index contributed by atoms with van der Waals surface area (Å²) in [7, 11) is 0. The van der Waals surface area contributed by atoms with Crippen LogP contribution in [0.4, 0.5) is 0 Å². The van der Waals surface area contributed by atoms with Gasteiger partial charge < -0.3 is 10.0 Å². The lowest BCUT2D eigenvalue weighted by Crippen LogP contribution is -2.33. The van der Waals surface area contributed by atoms with E-state index in [1.54, 1.807) is 9.47 Å². The van der Waals surface area contributed by atoms with Crippen molar-refractivity contribution in [2.75, 3.05) is 13.1 Å². The van der Waals surface area contributed by atoms with Crippen molar-refractivity contribution >= 4 is 39.3 Å². The Kier molecular flexibility index (Phi) is 8.11. The molecule has 4 aromatic rings. The molecule has 0 spiro atoms. The van der Waals surface area contributed by atoms with Crippen molar-refractivity contribution in [2.24, 2.45) is 0 Å². The van der Waals surface area contributed by atoms with Crippen LogP contribution in [0.25, 0.3) is 21.7 Å². The Balaban J connectivity index is 0.00000148. The van der Waals surface area contributed by atoms with E-state index in [4.69, 9.17) is 4.98 Å². The van der Waals surface area contributed by atoms with Crippen molar-refractivity contribution in [3.8, 4) is 0 Å². The molecule has 2 unspecified atom stereocenters. The summed E-state index contributed by atoms with van der Waals surface area (Å²) < 4.78 is 1.65. The maximum absolute atomic E-state index is 13.6. The smallest absolute Gasteiger partial charge is 0.262 e. The van der Waals surface area contributed by atoms with Gasteiger partial charge in [0.15, 0.2) is 5.16 Å². The molecule has 5 rings (SSSR count). The summed E-state index contributed by atoms with van der Waals surface area (Å²) in [6, 6.07) is 19.6. The molecule has 1 fully saturated rings. The van der Waals surface area contributed by atoms with Crippen LogP contribution in [0.3, 0.4) is 0 Å². The molecule has 7 heteroatoms. The third kappa shape index (κ3) is 5.18. The van der Waals surface area contributed by atoms with Crippen LogP contribution < -0.4 is 5.56 Å². The average Bonchev–Trinajstić information content (AvgIpc) is 3.33. The van der Waals surface area contributed by atoms with Crippen molar-refractivity contribution in [1.29, 1.82) is 0 Å². The third-order valence-electron chi connectivity index (χ3n) is 6.37. The first-order valence-electron chi connectivity index (χ1n) is 12.6. The number of fused-ring (bicyclic) bond motifs is 2. The van der Waals surface area contributed by atoms with Gasteiger partial charge in [-0.1, -0.05) is 79.7 Å². The van der Waals surface area contributed by atoms with Crippen LogP contribution in [0.2, 0.25) is 0 Å². The van der Waals surface area contributed by atoms with Crippen LogP contribution in [0, 0.1) is 6.92 Å². The van der Waals surface area contributed by atoms with Crippen LogP contribution in [-0.4, -0.2) is 44.7 Å². The fourth-order valence-corrected chi connectivity index (χ4v) is 5.80. The zero-order chi connectivity index (χ0) is 25.8. The first-order chi connectivity index (χ1) is 17.4. The summed E-state index contributed by atoms with van der Waals surface area (Å²) in [5.41, 5.74) is 2.45. The van der Waals surface area contributed by atoms with E-state index in [-0.39, 0.29) is 11.5 Å². The van der Waals surface area contributed by atoms with Crippen molar-refractivity contribution in [3.63, 3.8) is 0 Å². The molecule has 188 valence electrons. The number of amides is 1. The number of benzene rings is 3. The lowest BCUT2D eigenvalue weighted by molar-refractivity contribution is -0.130. The number of aliphatic hydroxyl groups excluding tert-OH is 1. The standard InChI is InChI=1S/C27H27N3O3S.C2H6/c1-3-30-25(32)22-14-18-8-4-5-9-19(18)15-23(22)28-27(30)34-24(20-10-6-7-17(2)13-20)26(33)29-12-11-21(31)16-29;1-2/h4-10,13-15,21,24,31H,3,11-12,16H2,1-2H3;1-2H3. The van der Waals surface area contributed by atoms with Crippen molar-refractivity contribution in [3.05, 3.63) is 82.1 Å². The van der Waals surface area contributed by atoms with Crippen molar-refractivity contribution < 1.29 is 9.90 Å². The van der Waals surface area contributed by atoms with Crippen LogP contribution in [-0.2, 0) is 11.3 Å². The molecule has 2 atom stereocenters. The zero-order valence-corrected chi connectivity index (χ0v) is 22.1. The fraction of sp³-hybridized carbons (Fsp3) is 0.345. The van der Waals surface area contributed by atoms with E-state index in [2.05, 4.69) is 0 Å². The number of aliphatic hydroxyl groups is 1. The maximum atomic E-state index is 13.6. The summed E-state index contributed by atoms with van der Waals surface area (Å²) in [5, 5.41) is 12.6. The van der Waals surface area contributed by atoms with Crippen LogP contribution in [0.5, 0.6) is 0 Å². The Morgan fingerprint density at radius 3 is 2.47 bits per heavy atom. The fourth-order valence-electron chi connectivity index (χ4n) is 4.56. The normalized spacial score (nSPS) is 16.1. The van der Waals surface area contributed by atoms with Crippen molar-refractivity contribution in [1.82, 2.24) is 14.5 Å². The Morgan fingerprint density at radius 2 is 1.83 bits per heavy atom. The number of nitrogens with zero attached hydrogens (tertiary/aromatic N) is 3. The zero-order valence-electron chi connectivity index (χ0n) is 21.3. The molecule has 0 radical (unpaired) electrons. The summed E-state index contributed by atoms with van der Waals surface area (Å²) in [4.78, 5) is 33.6. The van der Waals surface area contributed by atoms with E-state index in [9.17, 15) is 14.7 Å². The number of aromatic nitrogens is 2. The van der Waals surface area contributed by atoms with E-state index in [1.165, 1.54) is 11.8 Å². The number of hydrogen-bond donors (Lipinski definition) is 1. The highest BCUT2D eigenvalue weighted by molar-refractivity contribution is 8.00. The molecule has 1 aliphatic heterocycles. The molecule has 36 heavy (non-hydrogen) atoms. The van der Waals surface area contributed by atoms with Gasteiger partial charge in [-0.15, -0.1) is 0 Å². The number of aryl methyl sites for hydroxylation is 1. The quantitative estimate of drug-likeness (QED) is 0.226. The Hall–Kier alpha value is -3.16. The number of carbonyl (C=O) groups is 1. The van der Waals surface area contributed by atoms with Gasteiger partial charge in [0.1, 0.15) is 5.25 Å². The highest BCUT2D eigenvalue weighted by Gasteiger charge is 2.33. The predicted molar refractivity (Wildman–Crippen MR) is 148 cm³/mol. The molecule has 1 aliphatic rings. The van der Waals surface area contributed by atoms with Gasteiger partial charge in [0.05, 0.1) is 17.0 Å². The van der Waals surface area contributed by atoms with Gasteiger partial charge in [-0.25, -0.2) is 4.98 Å². The van der Waals surface area contributed by atoms with Crippen LogP contribution in [0.15, 0.2) is 70.6 Å². The molecule has 1 aromatic heterocycles. The Morgan fingerprint density at radius 1 is 1.11 bits per heavy atom. The second-order valence-electron chi connectivity index (χ2n) is 8.80. The largest absolute Gasteiger partial charge is 0.391 e. The number of likely N-dealkylation sites (tertiary alicyclic amines) is 1. The van der Waals surface area contributed by atoms with E-state index in [1.807, 2.05) is 88.4 Å². The number of hydrogen-bond acceptors (Lipinski definition) is 5. The molecule has 3 aromatic carbocycles. The number of β-amino-alcohol motifs (C(OH)–C–C–N with tert-alkyl or cyclic N) is 1. The molecule has 0 saturated carbocycles. The number of rotatable bonds is 5. The van der Waals surface area contributed by atoms with Gasteiger partial charge in [-0.3, -0.25) is 14.2 Å². The topological polar surface area (TPSA) is 75.4 Å². The molecule has 2 heterocycles. The summed E-state index contributed by atoms with van der Waals surface area (Å²) in [6.45, 7) is 9.23. The highest BCUT2D eigenvalue weighted by atomic mass is 32.2. The Labute approximate surface area is 216 Å². The molecule has 1 amide bonds. The van der Waals surface area contributed by atoms with E-state index < -0.39 is 11.4 Å². The first kappa shape index (κ1) is 25.9. The maximum Gasteiger partial charge on any atom is 0.262 e. The van der Waals surface area contributed by atoms with E-state index >= 15 is 0 Å². The molecule has 6 nitrogen and oxygen atoms in total. The molecular formula is C29H33N3O3S. The molecule has 0 bridgehead atoms. The minimum atomic E-state index is -0.562. The molecule has 0 aliphatic carbocycles. The SMILES string of the molecule is CC.CCn1c(SC(C(=O)N2CCC(O)C2)c2cccc(C)c2)nc2cc3ccccc3cc2c1=O. The minimum absolute atomic E-state index is 0.0670. The Bertz CT molecular complexity index is 1450. The van der Waals surface area contributed by atoms with Gasteiger partial charge in [0.2, 0.25) is 5.91 Å². The van der Waals surface area contributed by atoms with Gasteiger partial charge in [-0.2, -0.15) is 0 Å². The molecule has 1 saturated heterocycles. The van der Waals surface area contributed by atoms with Gasteiger partial charge >= 0.3 is 0 Å². The van der Waals surface area contributed by atoms with Gasteiger partial charge in [0, 0.05) is 19.6 Å². The average molecular weight is 504 g/mol. The monoisotopic (exact) mass is 503 g/mol. The van der Waals surface area contributed by atoms with Gasteiger partial charge in [0.25, 0.3) is 5.56 Å². The van der Waals surface area contributed by atoms with E-state index in [0.717, 1.165) is 21.9 Å². The summed E-state index contributed by atoms with van der Waals surface area (Å²) >= 11 is 1.31. The lowest BCUT2D eigenvalue weighted by Gasteiger charge is -2.24. The highest BCUT2D eigenvalue weighted by Crippen LogP contribution is 2.37. The molecule has 1 N–H and O–H groups in total. The van der Waals surface area contributed by atoms with Gasteiger partial charge in [-0.05, 0) is 48.7 Å².